The highest BCUT2D eigenvalue weighted by Crippen LogP contribution is 2.18. The number of hydrogen-bond acceptors (Lipinski definition) is 5. The molecule has 1 aliphatic rings. The molecule has 1 fully saturated rings. The molecule has 2 heterocycles. The second-order valence-electron chi connectivity index (χ2n) is 5.35. The van der Waals surface area contributed by atoms with Crippen molar-refractivity contribution in [2.24, 2.45) is 0 Å². The number of amides is 2. The number of nitrogens with one attached hydrogen (secondary N) is 1. The highest BCUT2D eigenvalue weighted by atomic mass is 35.5. The van der Waals surface area contributed by atoms with Crippen molar-refractivity contribution in [2.75, 3.05) is 31.5 Å². The van der Waals surface area contributed by atoms with Crippen molar-refractivity contribution in [3.05, 3.63) is 47.4 Å². The minimum atomic E-state index is -0.165. The quantitative estimate of drug-likeness (QED) is 0.855. The molecule has 0 atom stereocenters. The third-order valence-electron chi connectivity index (χ3n) is 3.75. The number of halogens is 1. The number of carbonyl (C=O) groups is 2. The fraction of sp³-hybridized carbons (Fsp3) is 0.250. The Hall–Kier alpha value is -2.67. The second-order valence-corrected chi connectivity index (χ2v) is 5.79. The molecule has 0 radical (unpaired) electrons. The summed E-state index contributed by atoms with van der Waals surface area (Å²) in [5.74, 6) is 0.365. The summed E-state index contributed by atoms with van der Waals surface area (Å²) in [6, 6.07) is 8.80. The van der Waals surface area contributed by atoms with Gasteiger partial charge in [-0.05, 0) is 24.3 Å². The van der Waals surface area contributed by atoms with Crippen LogP contribution in [-0.4, -0.2) is 58.3 Å². The number of hydrogen-bond donors (Lipinski definition) is 1. The maximum atomic E-state index is 12.5. The van der Waals surface area contributed by atoms with E-state index in [-0.39, 0.29) is 5.91 Å². The van der Waals surface area contributed by atoms with Crippen molar-refractivity contribution in [3.8, 4) is 0 Å². The first kappa shape index (κ1) is 16.2. The Kier molecular flexibility index (Phi) is 4.90. The van der Waals surface area contributed by atoms with Crippen LogP contribution in [0.1, 0.15) is 10.5 Å². The number of nitrogens with zero attached hydrogens (tertiary/aromatic N) is 4. The Morgan fingerprint density at radius 2 is 1.83 bits per heavy atom. The zero-order chi connectivity index (χ0) is 16.9. The van der Waals surface area contributed by atoms with E-state index in [1.807, 2.05) is 12.1 Å². The largest absolute Gasteiger partial charge is 0.342 e. The standard InChI is InChI=1S/C16H16ClN5O2/c17-12-1-3-13(4-2-12)20-15-9-14(18-10-19-15)16(24)22-7-5-21(11-23)6-8-22/h1-4,9-11H,5-8H2,(H,18,19,20). The molecular weight excluding hydrogens is 330 g/mol. The first-order valence-corrected chi connectivity index (χ1v) is 7.87. The van der Waals surface area contributed by atoms with Crippen molar-refractivity contribution in [2.45, 2.75) is 0 Å². The van der Waals surface area contributed by atoms with Gasteiger partial charge >= 0.3 is 0 Å². The maximum Gasteiger partial charge on any atom is 0.272 e. The van der Waals surface area contributed by atoms with Crippen LogP contribution in [-0.2, 0) is 4.79 Å². The summed E-state index contributed by atoms with van der Waals surface area (Å²) in [7, 11) is 0. The topological polar surface area (TPSA) is 78.4 Å². The Labute approximate surface area is 144 Å². The fourth-order valence-corrected chi connectivity index (χ4v) is 2.54. The van der Waals surface area contributed by atoms with Crippen molar-refractivity contribution < 1.29 is 9.59 Å². The summed E-state index contributed by atoms with van der Waals surface area (Å²) in [6.07, 6.45) is 2.16. The van der Waals surface area contributed by atoms with Gasteiger partial charge in [0.25, 0.3) is 5.91 Å². The summed E-state index contributed by atoms with van der Waals surface area (Å²) in [5.41, 5.74) is 1.14. The van der Waals surface area contributed by atoms with Gasteiger partial charge in [0.05, 0.1) is 0 Å². The van der Waals surface area contributed by atoms with Crippen LogP contribution in [0.4, 0.5) is 11.5 Å². The van der Waals surface area contributed by atoms with E-state index in [0.29, 0.717) is 42.7 Å². The first-order chi connectivity index (χ1) is 11.7. The molecule has 7 nitrogen and oxygen atoms in total. The summed E-state index contributed by atoms with van der Waals surface area (Å²) in [5, 5.41) is 3.76. The molecular formula is C16H16ClN5O2. The second kappa shape index (κ2) is 7.27. The lowest BCUT2D eigenvalue weighted by Crippen LogP contribution is -2.48. The zero-order valence-corrected chi connectivity index (χ0v) is 13.6. The van der Waals surface area contributed by atoms with Gasteiger partial charge in [-0.2, -0.15) is 0 Å². The lowest BCUT2D eigenvalue weighted by atomic mass is 10.2. The molecule has 2 amide bonds. The molecule has 1 aromatic carbocycles. The third kappa shape index (κ3) is 3.80. The van der Waals surface area contributed by atoms with Crippen LogP contribution in [0.3, 0.4) is 0 Å². The molecule has 0 aliphatic carbocycles. The SMILES string of the molecule is O=CN1CCN(C(=O)c2cc(Nc3ccc(Cl)cc3)ncn2)CC1. The van der Waals surface area contributed by atoms with E-state index in [9.17, 15) is 9.59 Å². The number of anilines is 2. The zero-order valence-electron chi connectivity index (χ0n) is 12.9. The van der Waals surface area contributed by atoms with Gasteiger partial charge < -0.3 is 15.1 Å². The Bertz CT molecular complexity index is 730. The summed E-state index contributed by atoms with van der Waals surface area (Å²) in [6.45, 7) is 2.08. The van der Waals surface area contributed by atoms with Gasteiger partial charge in [0.2, 0.25) is 6.41 Å². The van der Waals surface area contributed by atoms with E-state index >= 15 is 0 Å². The molecule has 0 unspecified atom stereocenters. The minimum Gasteiger partial charge on any atom is -0.342 e. The average molecular weight is 346 g/mol. The van der Waals surface area contributed by atoms with Gasteiger partial charge in [-0.25, -0.2) is 9.97 Å². The summed E-state index contributed by atoms with van der Waals surface area (Å²) in [4.78, 5) is 34.8. The smallest absolute Gasteiger partial charge is 0.272 e. The van der Waals surface area contributed by atoms with Gasteiger partial charge in [0.1, 0.15) is 17.8 Å². The molecule has 24 heavy (non-hydrogen) atoms. The minimum absolute atomic E-state index is 0.165. The van der Waals surface area contributed by atoms with Crippen LogP contribution in [0.5, 0.6) is 0 Å². The number of benzene rings is 1. The molecule has 1 saturated heterocycles. The molecule has 1 aromatic heterocycles. The molecule has 1 N–H and O–H groups in total. The van der Waals surface area contributed by atoms with E-state index in [4.69, 9.17) is 11.6 Å². The van der Waals surface area contributed by atoms with Crippen molar-refractivity contribution >= 4 is 35.4 Å². The number of carbonyl (C=O) groups excluding carboxylic acids is 2. The monoisotopic (exact) mass is 345 g/mol. The molecule has 1 aliphatic heterocycles. The Balaban J connectivity index is 1.69. The fourth-order valence-electron chi connectivity index (χ4n) is 2.42. The first-order valence-electron chi connectivity index (χ1n) is 7.49. The molecule has 3 rings (SSSR count). The molecule has 8 heteroatoms. The van der Waals surface area contributed by atoms with Gasteiger partial charge in [-0.3, -0.25) is 9.59 Å². The van der Waals surface area contributed by atoms with E-state index in [2.05, 4.69) is 15.3 Å². The lowest BCUT2D eigenvalue weighted by Gasteiger charge is -2.32. The molecule has 124 valence electrons. The number of piperazine rings is 1. The van der Waals surface area contributed by atoms with Gasteiger partial charge in [-0.15, -0.1) is 0 Å². The van der Waals surface area contributed by atoms with Crippen molar-refractivity contribution in [1.82, 2.24) is 19.8 Å². The van der Waals surface area contributed by atoms with Crippen LogP contribution < -0.4 is 5.32 Å². The van der Waals surface area contributed by atoms with Crippen LogP contribution in [0.25, 0.3) is 0 Å². The van der Waals surface area contributed by atoms with E-state index in [0.717, 1.165) is 12.1 Å². The normalized spacial score (nSPS) is 14.4. The molecule has 2 aromatic rings. The predicted octanol–water partition coefficient (Wildman–Crippen LogP) is 1.79. The molecule has 0 bridgehead atoms. The van der Waals surface area contributed by atoms with Crippen LogP contribution in [0.2, 0.25) is 5.02 Å². The lowest BCUT2D eigenvalue weighted by molar-refractivity contribution is -0.119. The highest BCUT2D eigenvalue weighted by molar-refractivity contribution is 6.30. The van der Waals surface area contributed by atoms with Crippen molar-refractivity contribution in [1.29, 1.82) is 0 Å². The van der Waals surface area contributed by atoms with E-state index < -0.39 is 0 Å². The van der Waals surface area contributed by atoms with E-state index in [1.165, 1.54) is 6.33 Å². The number of rotatable bonds is 4. The van der Waals surface area contributed by atoms with Crippen LogP contribution in [0.15, 0.2) is 36.7 Å². The Morgan fingerprint density at radius 1 is 1.12 bits per heavy atom. The molecule has 0 spiro atoms. The van der Waals surface area contributed by atoms with Gasteiger partial charge in [0, 0.05) is 43.0 Å². The Morgan fingerprint density at radius 3 is 2.50 bits per heavy atom. The van der Waals surface area contributed by atoms with E-state index in [1.54, 1.807) is 28.0 Å². The van der Waals surface area contributed by atoms with Gasteiger partial charge in [0.15, 0.2) is 0 Å². The summed E-state index contributed by atoms with van der Waals surface area (Å²) < 4.78 is 0. The molecule has 0 saturated carbocycles. The highest BCUT2D eigenvalue weighted by Gasteiger charge is 2.22. The third-order valence-corrected chi connectivity index (χ3v) is 4.01. The predicted molar refractivity (Wildman–Crippen MR) is 90.3 cm³/mol. The van der Waals surface area contributed by atoms with Gasteiger partial charge in [-0.1, -0.05) is 11.6 Å². The number of aromatic nitrogens is 2. The average Bonchev–Trinajstić information content (AvgIpc) is 2.63. The summed E-state index contributed by atoms with van der Waals surface area (Å²) >= 11 is 5.86. The van der Waals surface area contributed by atoms with Crippen LogP contribution >= 0.6 is 11.6 Å². The van der Waals surface area contributed by atoms with Crippen LogP contribution in [0, 0.1) is 0 Å². The maximum absolute atomic E-state index is 12.5. The van der Waals surface area contributed by atoms with Crippen molar-refractivity contribution in [3.63, 3.8) is 0 Å².